The molecule has 0 aliphatic rings. The quantitative estimate of drug-likeness (QED) is 0.726. The van der Waals surface area contributed by atoms with Crippen molar-refractivity contribution in [2.24, 2.45) is 0 Å². The van der Waals surface area contributed by atoms with Crippen LogP contribution in [0.5, 0.6) is 0 Å². The monoisotopic (exact) mass is 326 g/mol. The maximum atomic E-state index is 5.57. The molecule has 0 aliphatic heterocycles. The third-order valence-electron chi connectivity index (χ3n) is 3.62. The molecule has 3 rings (SSSR count). The Kier molecular flexibility index (Phi) is 4.25. The first kappa shape index (κ1) is 15.4. The topological polar surface area (TPSA) is 55.9 Å². The number of benzene rings is 1. The predicted molar refractivity (Wildman–Crippen MR) is 92.8 cm³/mol. The minimum Gasteiger partial charge on any atom is -0.409 e. The Hall–Kier alpha value is -2.47. The number of rotatable bonds is 4. The van der Waals surface area contributed by atoms with Crippen molar-refractivity contribution in [2.75, 3.05) is 5.32 Å². The highest BCUT2D eigenvalue weighted by molar-refractivity contribution is 7.71. The Balaban J connectivity index is 1.82. The fourth-order valence-corrected chi connectivity index (χ4v) is 2.81. The standard InChI is InChI=1S/C17H18N4OS/c1-11-8-12(2)15(13(3)9-11)19-10-21-17(23)22-16(20-21)14-4-6-18-7-5-14/h4-9,19H,10H2,1-3H3. The van der Waals surface area contributed by atoms with Crippen molar-refractivity contribution in [3.8, 4) is 11.5 Å². The van der Waals surface area contributed by atoms with Crippen LogP contribution < -0.4 is 5.32 Å². The van der Waals surface area contributed by atoms with E-state index in [0.717, 1.165) is 11.3 Å². The molecular formula is C17H18N4OS. The van der Waals surface area contributed by atoms with Crippen LogP contribution in [0.2, 0.25) is 0 Å². The van der Waals surface area contributed by atoms with E-state index in [1.165, 1.54) is 16.7 Å². The number of aromatic nitrogens is 3. The van der Waals surface area contributed by atoms with E-state index in [2.05, 4.69) is 48.3 Å². The number of hydrogen-bond donors (Lipinski definition) is 1. The van der Waals surface area contributed by atoms with E-state index in [1.54, 1.807) is 17.1 Å². The smallest absolute Gasteiger partial charge is 0.289 e. The molecule has 2 heterocycles. The first-order valence-electron chi connectivity index (χ1n) is 7.34. The molecule has 2 aromatic heterocycles. The van der Waals surface area contributed by atoms with Crippen molar-refractivity contribution >= 4 is 17.9 Å². The van der Waals surface area contributed by atoms with Crippen LogP contribution >= 0.6 is 12.2 Å². The van der Waals surface area contributed by atoms with E-state index in [4.69, 9.17) is 16.6 Å². The van der Waals surface area contributed by atoms with Gasteiger partial charge in [-0.1, -0.05) is 17.7 Å². The fraction of sp³-hybridized carbons (Fsp3) is 0.235. The average molecular weight is 326 g/mol. The van der Waals surface area contributed by atoms with Gasteiger partial charge in [-0.05, 0) is 56.2 Å². The molecule has 0 radical (unpaired) electrons. The largest absolute Gasteiger partial charge is 0.409 e. The zero-order valence-electron chi connectivity index (χ0n) is 13.3. The highest BCUT2D eigenvalue weighted by Crippen LogP contribution is 2.22. The second-order valence-electron chi connectivity index (χ2n) is 5.52. The molecule has 5 nitrogen and oxygen atoms in total. The van der Waals surface area contributed by atoms with Gasteiger partial charge < -0.3 is 9.73 Å². The van der Waals surface area contributed by atoms with Crippen LogP contribution in [-0.4, -0.2) is 14.8 Å². The van der Waals surface area contributed by atoms with Gasteiger partial charge in [0.2, 0.25) is 5.89 Å². The molecule has 3 aromatic rings. The molecule has 0 bridgehead atoms. The molecule has 0 atom stereocenters. The molecule has 1 aromatic carbocycles. The number of anilines is 1. The zero-order chi connectivity index (χ0) is 16.4. The lowest BCUT2D eigenvalue weighted by atomic mass is 10.1. The summed E-state index contributed by atoms with van der Waals surface area (Å²) in [4.78, 5) is 4.33. The number of hydrogen-bond acceptors (Lipinski definition) is 5. The summed E-state index contributed by atoms with van der Waals surface area (Å²) in [5.41, 5.74) is 5.61. The summed E-state index contributed by atoms with van der Waals surface area (Å²) in [6.45, 7) is 6.73. The maximum absolute atomic E-state index is 5.57. The van der Waals surface area contributed by atoms with E-state index in [-0.39, 0.29) is 0 Å². The highest BCUT2D eigenvalue weighted by Gasteiger charge is 2.09. The number of nitrogens with one attached hydrogen (secondary N) is 1. The molecule has 23 heavy (non-hydrogen) atoms. The van der Waals surface area contributed by atoms with Crippen LogP contribution in [0.3, 0.4) is 0 Å². The van der Waals surface area contributed by atoms with Gasteiger partial charge in [-0.15, -0.1) is 5.10 Å². The van der Waals surface area contributed by atoms with Gasteiger partial charge in [0.1, 0.15) is 6.67 Å². The molecule has 0 saturated heterocycles. The molecule has 6 heteroatoms. The van der Waals surface area contributed by atoms with Crippen molar-refractivity contribution in [2.45, 2.75) is 27.4 Å². The first-order valence-corrected chi connectivity index (χ1v) is 7.75. The van der Waals surface area contributed by atoms with E-state index in [0.29, 0.717) is 17.4 Å². The van der Waals surface area contributed by atoms with Crippen LogP contribution in [0, 0.1) is 25.6 Å². The summed E-state index contributed by atoms with van der Waals surface area (Å²) in [7, 11) is 0. The van der Waals surface area contributed by atoms with Crippen LogP contribution in [0.4, 0.5) is 5.69 Å². The summed E-state index contributed by atoms with van der Waals surface area (Å²) in [6.07, 6.45) is 3.40. The summed E-state index contributed by atoms with van der Waals surface area (Å²) in [5.74, 6) is 0.497. The van der Waals surface area contributed by atoms with Gasteiger partial charge in [0, 0.05) is 23.6 Å². The summed E-state index contributed by atoms with van der Waals surface area (Å²) in [6, 6.07) is 7.99. The van der Waals surface area contributed by atoms with E-state index in [1.807, 2.05) is 12.1 Å². The van der Waals surface area contributed by atoms with E-state index in [9.17, 15) is 0 Å². The lowest BCUT2D eigenvalue weighted by molar-refractivity contribution is 0.522. The van der Waals surface area contributed by atoms with Crippen LogP contribution in [-0.2, 0) is 6.67 Å². The van der Waals surface area contributed by atoms with Gasteiger partial charge in [-0.2, -0.15) is 0 Å². The van der Waals surface area contributed by atoms with Gasteiger partial charge in [-0.25, -0.2) is 4.68 Å². The third kappa shape index (κ3) is 3.32. The molecule has 0 aliphatic carbocycles. The van der Waals surface area contributed by atoms with Crippen LogP contribution in [0.15, 0.2) is 41.1 Å². The van der Waals surface area contributed by atoms with Gasteiger partial charge in [0.15, 0.2) is 0 Å². The Morgan fingerprint density at radius 1 is 1.13 bits per heavy atom. The number of pyridine rings is 1. The molecule has 0 spiro atoms. The Labute approximate surface area is 140 Å². The SMILES string of the molecule is Cc1cc(C)c(NCn2nc(-c3ccncc3)oc2=S)c(C)c1. The first-order chi connectivity index (χ1) is 11.0. The molecule has 0 amide bonds. The van der Waals surface area contributed by atoms with Crippen molar-refractivity contribution in [1.29, 1.82) is 0 Å². The third-order valence-corrected chi connectivity index (χ3v) is 3.91. The molecular weight excluding hydrogens is 308 g/mol. The highest BCUT2D eigenvalue weighted by atomic mass is 32.1. The normalized spacial score (nSPS) is 10.7. The maximum Gasteiger partial charge on any atom is 0.289 e. The Morgan fingerprint density at radius 3 is 2.43 bits per heavy atom. The molecule has 0 saturated carbocycles. The van der Waals surface area contributed by atoms with Crippen molar-refractivity contribution in [1.82, 2.24) is 14.8 Å². The van der Waals surface area contributed by atoms with E-state index < -0.39 is 0 Å². The lowest BCUT2D eigenvalue weighted by Crippen LogP contribution is -2.11. The predicted octanol–water partition coefficient (Wildman–Crippen LogP) is 4.26. The number of aryl methyl sites for hydroxylation is 3. The van der Waals surface area contributed by atoms with Gasteiger partial charge in [0.25, 0.3) is 4.84 Å². The minimum atomic E-state index is 0.340. The molecule has 0 unspecified atom stereocenters. The van der Waals surface area contributed by atoms with Crippen molar-refractivity contribution in [3.05, 3.63) is 58.2 Å². The lowest BCUT2D eigenvalue weighted by Gasteiger charge is -2.13. The second-order valence-corrected chi connectivity index (χ2v) is 5.87. The number of nitrogens with zero attached hydrogens (tertiary/aromatic N) is 3. The van der Waals surface area contributed by atoms with Gasteiger partial charge in [0.05, 0.1) is 0 Å². The summed E-state index contributed by atoms with van der Waals surface area (Å²) >= 11 is 5.25. The van der Waals surface area contributed by atoms with Crippen LogP contribution in [0.1, 0.15) is 16.7 Å². The second kappa shape index (κ2) is 6.34. The average Bonchev–Trinajstić information content (AvgIpc) is 2.88. The van der Waals surface area contributed by atoms with Gasteiger partial charge >= 0.3 is 0 Å². The van der Waals surface area contributed by atoms with Crippen molar-refractivity contribution in [3.63, 3.8) is 0 Å². The van der Waals surface area contributed by atoms with E-state index >= 15 is 0 Å². The minimum absolute atomic E-state index is 0.340. The molecule has 118 valence electrons. The Bertz CT molecular complexity index is 860. The van der Waals surface area contributed by atoms with Gasteiger partial charge in [-0.3, -0.25) is 4.98 Å². The van der Waals surface area contributed by atoms with Crippen LogP contribution in [0.25, 0.3) is 11.5 Å². The summed E-state index contributed by atoms with van der Waals surface area (Å²) < 4.78 is 7.21. The summed E-state index contributed by atoms with van der Waals surface area (Å²) in [5, 5.41) is 7.82. The Morgan fingerprint density at radius 2 is 1.78 bits per heavy atom. The molecule has 1 N–H and O–H groups in total. The fourth-order valence-electron chi connectivity index (χ4n) is 2.63. The van der Waals surface area contributed by atoms with Crippen molar-refractivity contribution < 1.29 is 4.42 Å². The zero-order valence-corrected chi connectivity index (χ0v) is 14.1. The molecule has 0 fully saturated rings.